The summed E-state index contributed by atoms with van der Waals surface area (Å²) in [6.07, 6.45) is 0. The van der Waals surface area contributed by atoms with Gasteiger partial charge < -0.3 is 14.9 Å². The van der Waals surface area contributed by atoms with E-state index in [-0.39, 0.29) is 0 Å². The topological polar surface area (TPSA) is 66.8 Å². The number of aryl methyl sites for hydroxylation is 1. The second kappa shape index (κ2) is 5.85. The van der Waals surface area contributed by atoms with E-state index in [4.69, 9.17) is 19.7 Å². The molecule has 0 aromatic heterocycles. The number of benzene rings is 1. The minimum atomic E-state index is -0.833. The quantitative estimate of drug-likeness (QED) is 0.722. The number of phenols is 1. The molecule has 4 nitrogen and oxygen atoms in total. The van der Waals surface area contributed by atoms with Gasteiger partial charge in [0.2, 0.25) is 0 Å². The first-order chi connectivity index (χ1) is 6.47. The number of hydrogen-bond acceptors (Lipinski definition) is 3. The monoisotopic (exact) mass is 198 g/mol. The SMILES string of the molecule is CC(=O)O.COc1ccc(O)c(C)c1. The van der Waals surface area contributed by atoms with Crippen molar-refractivity contribution < 1.29 is 19.7 Å². The lowest BCUT2D eigenvalue weighted by atomic mass is 10.2. The third-order valence-corrected chi connectivity index (χ3v) is 1.40. The Morgan fingerprint density at radius 1 is 1.43 bits per heavy atom. The zero-order valence-corrected chi connectivity index (χ0v) is 8.44. The highest BCUT2D eigenvalue weighted by molar-refractivity contribution is 5.62. The third kappa shape index (κ3) is 5.03. The van der Waals surface area contributed by atoms with Gasteiger partial charge in [0.15, 0.2) is 0 Å². The zero-order valence-electron chi connectivity index (χ0n) is 8.44. The van der Waals surface area contributed by atoms with Crippen LogP contribution in [0.2, 0.25) is 0 Å². The fourth-order valence-electron chi connectivity index (χ4n) is 0.755. The summed E-state index contributed by atoms with van der Waals surface area (Å²) in [6, 6.07) is 5.13. The van der Waals surface area contributed by atoms with Crippen LogP contribution in [0.4, 0.5) is 0 Å². The fourth-order valence-corrected chi connectivity index (χ4v) is 0.755. The summed E-state index contributed by atoms with van der Waals surface area (Å²) in [4.78, 5) is 9.00. The van der Waals surface area contributed by atoms with Gasteiger partial charge in [0.05, 0.1) is 7.11 Å². The summed E-state index contributed by atoms with van der Waals surface area (Å²) in [5.41, 5.74) is 0.833. The van der Waals surface area contributed by atoms with Crippen molar-refractivity contribution in [3.63, 3.8) is 0 Å². The van der Waals surface area contributed by atoms with E-state index in [0.717, 1.165) is 18.2 Å². The Morgan fingerprint density at radius 2 is 1.93 bits per heavy atom. The number of aliphatic carboxylic acids is 1. The zero-order chi connectivity index (χ0) is 11.1. The molecule has 1 aromatic carbocycles. The summed E-state index contributed by atoms with van der Waals surface area (Å²) in [5.74, 6) is 0.246. The van der Waals surface area contributed by atoms with Gasteiger partial charge in [0.25, 0.3) is 5.97 Å². The summed E-state index contributed by atoms with van der Waals surface area (Å²) in [6.45, 7) is 2.91. The Hall–Kier alpha value is -1.71. The number of rotatable bonds is 1. The maximum atomic E-state index is 9.08. The molecule has 78 valence electrons. The van der Waals surface area contributed by atoms with E-state index in [0.29, 0.717) is 5.75 Å². The molecule has 0 atom stereocenters. The van der Waals surface area contributed by atoms with Crippen LogP contribution in [0.25, 0.3) is 0 Å². The first kappa shape index (κ1) is 12.3. The molecule has 1 rings (SSSR count). The van der Waals surface area contributed by atoms with Crippen molar-refractivity contribution in [2.24, 2.45) is 0 Å². The first-order valence-electron chi connectivity index (χ1n) is 4.00. The molecular weight excluding hydrogens is 184 g/mol. The minimum absolute atomic E-state index is 0.306. The highest BCUT2D eigenvalue weighted by Crippen LogP contribution is 2.20. The minimum Gasteiger partial charge on any atom is -0.508 e. The van der Waals surface area contributed by atoms with Crippen LogP contribution in [0.15, 0.2) is 18.2 Å². The molecular formula is C10H14O4. The van der Waals surface area contributed by atoms with E-state index < -0.39 is 5.97 Å². The van der Waals surface area contributed by atoms with Crippen molar-refractivity contribution >= 4 is 5.97 Å². The van der Waals surface area contributed by atoms with Gasteiger partial charge in [-0.2, -0.15) is 0 Å². The molecule has 14 heavy (non-hydrogen) atoms. The maximum Gasteiger partial charge on any atom is 0.300 e. The molecule has 0 spiro atoms. The van der Waals surface area contributed by atoms with E-state index in [1.807, 2.05) is 6.92 Å². The molecule has 0 bridgehead atoms. The van der Waals surface area contributed by atoms with Crippen LogP contribution < -0.4 is 4.74 Å². The van der Waals surface area contributed by atoms with Crippen LogP contribution >= 0.6 is 0 Å². The Kier molecular flexibility index (Phi) is 5.14. The molecule has 0 fully saturated rings. The lowest BCUT2D eigenvalue weighted by molar-refractivity contribution is -0.134. The Morgan fingerprint density at radius 3 is 2.29 bits per heavy atom. The average Bonchev–Trinajstić information content (AvgIpc) is 2.09. The van der Waals surface area contributed by atoms with Crippen LogP contribution in [0.5, 0.6) is 11.5 Å². The molecule has 0 unspecified atom stereocenters. The van der Waals surface area contributed by atoms with Crippen molar-refractivity contribution in [1.29, 1.82) is 0 Å². The second-order valence-corrected chi connectivity index (χ2v) is 2.67. The standard InChI is InChI=1S/C8H10O2.C2H4O2/c1-6-5-7(10-2)3-4-8(6)9;1-2(3)4/h3-5,9H,1-2H3;1H3,(H,3,4). The van der Waals surface area contributed by atoms with Crippen LogP contribution in [0, 0.1) is 6.92 Å². The van der Waals surface area contributed by atoms with Gasteiger partial charge in [-0.3, -0.25) is 4.79 Å². The normalized spacial score (nSPS) is 8.50. The van der Waals surface area contributed by atoms with Gasteiger partial charge >= 0.3 is 0 Å². The molecule has 0 radical (unpaired) electrons. The van der Waals surface area contributed by atoms with Gasteiger partial charge in [0, 0.05) is 6.92 Å². The largest absolute Gasteiger partial charge is 0.508 e. The maximum absolute atomic E-state index is 9.08. The van der Waals surface area contributed by atoms with Gasteiger partial charge in [-0.15, -0.1) is 0 Å². The predicted octanol–water partition coefficient (Wildman–Crippen LogP) is 1.80. The number of ether oxygens (including phenoxy) is 1. The number of carboxylic acid groups (broad SMARTS) is 1. The van der Waals surface area contributed by atoms with E-state index in [2.05, 4.69) is 0 Å². The molecule has 0 aliphatic heterocycles. The predicted molar refractivity (Wildman–Crippen MR) is 52.7 cm³/mol. The smallest absolute Gasteiger partial charge is 0.300 e. The van der Waals surface area contributed by atoms with E-state index in [1.165, 1.54) is 0 Å². The van der Waals surface area contributed by atoms with Crippen molar-refractivity contribution in [3.8, 4) is 11.5 Å². The van der Waals surface area contributed by atoms with Crippen molar-refractivity contribution in [3.05, 3.63) is 23.8 Å². The van der Waals surface area contributed by atoms with E-state index in [1.54, 1.807) is 25.3 Å². The van der Waals surface area contributed by atoms with Crippen molar-refractivity contribution in [2.75, 3.05) is 7.11 Å². The molecule has 0 saturated heterocycles. The second-order valence-electron chi connectivity index (χ2n) is 2.67. The van der Waals surface area contributed by atoms with Crippen molar-refractivity contribution in [1.82, 2.24) is 0 Å². The Labute approximate surface area is 82.8 Å². The summed E-state index contributed by atoms with van der Waals surface area (Å²) < 4.78 is 4.94. The highest BCUT2D eigenvalue weighted by Gasteiger charge is 1.95. The number of aromatic hydroxyl groups is 1. The fraction of sp³-hybridized carbons (Fsp3) is 0.300. The molecule has 4 heteroatoms. The van der Waals surface area contributed by atoms with Crippen molar-refractivity contribution in [2.45, 2.75) is 13.8 Å². The molecule has 0 aliphatic carbocycles. The molecule has 0 saturated carbocycles. The lowest BCUT2D eigenvalue weighted by Crippen LogP contribution is -1.82. The Bertz CT molecular complexity index is 303. The Balaban J connectivity index is 0.000000364. The lowest BCUT2D eigenvalue weighted by Gasteiger charge is -2.01. The summed E-state index contributed by atoms with van der Waals surface area (Å²) in [5, 5.41) is 16.5. The molecule has 0 heterocycles. The van der Waals surface area contributed by atoms with Gasteiger partial charge in [-0.25, -0.2) is 0 Å². The summed E-state index contributed by atoms with van der Waals surface area (Å²) >= 11 is 0. The van der Waals surface area contributed by atoms with E-state index in [9.17, 15) is 0 Å². The number of phenolic OH excluding ortho intramolecular Hbond substituents is 1. The first-order valence-corrected chi connectivity index (χ1v) is 4.00. The van der Waals surface area contributed by atoms with E-state index >= 15 is 0 Å². The van der Waals surface area contributed by atoms with Crippen LogP contribution in [0.1, 0.15) is 12.5 Å². The molecule has 0 aliphatic rings. The van der Waals surface area contributed by atoms with Crippen LogP contribution in [-0.4, -0.2) is 23.3 Å². The van der Waals surface area contributed by atoms with Gasteiger partial charge in [-0.05, 0) is 30.7 Å². The molecule has 1 aromatic rings. The van der Waals surface area contributed by atoms with Crippen LogP contribution in [0.3, 0.4) is 0 Å². The number of methoxy groups -OCH3 is 1. The average molecular weight is 198 g/mol. The number of carboxylic acids is 1. The molecule has 0 amide bonds. The third-order valence-electron chi connectivity index (χ3n) is 1.40. The number of carbonyl (C=O) groups is 1. The molecule has 2 N–H and O–H groups in total. The highest BCUT2D eigenvalue weighted by atomic mass is 16.5. The summed E-state index contributed by atoms with van der Waals surface area (Å²) in [7, 11) is 1.60. The van der Waals surface area contributed by atoms with Crippen LogP contribution in [-0.2, 0) is 4.79 Å². The van der Waals surface area contributed by atoms with Gasteiger partial charge in [0.1, 0.15) is 11.5 Å². The van der Waals surface area contributed by atoms with Gasteiger partial charge in [-0.1, -0.05) is 0 Å². The number of hydrogen-bond donors (Lipinski definition) is 2.